The molecule has 0 saturated carbocycles. The largest absolute Gasteiger partial charge is 0.338 e. The van der Waals surface area contributed by atoms with Gasteiger partial charge >= 0.3 is 0 Å². The van der Waals surface area contributed by atoms with Crippen molar-refractivity contribution in [3.8, 4) is 0 Å². The lowest BCUT2D eigenvalue weighted by Gasteiger charge is -2.28. The standard InChI is InChI=1S/C21H30N2O/c1-22-20(18-10-9-16-7-3-4-8-17(16)13-18)14-19(21(22)24)15-23-11-5-2-6-12-23/h9-10,13,19-20H,2-8,11-12,14-15H2,1H3/t19-,20+/m1/s1. The molecule has 2 atom stereocenters. The smallest absolute Gasteiger partial charge is 0.227 e. The molecular formula is C21H30N2O. The Bertz CT molecular complexity index is 606. The van der Waals surface area contributed by atoms with Gasteiger partial charge in [-0.05, 0) is 74.7 Å². The summed E-state index contributed by atoms with van der Waals surface area (Å²) < 4.78 is 0. The average molecular weight is 326 g/mol. The second-order valence-corrected chi connectivity index (χ2v) is 7.99. The molecule has 0 unspecified atom stereocenters. The minimum atomic E-state index is 0.189. The van der Waals surface area contributed by atoms with E-state index in [0.717, 1.165) is 13.0 Å². The van der Waals surface area contributed by atoms with E-state index in [-0.39, 0.29) is 12.0 Å². The minimum Gasteiger partial charge on any atom is -0.338 e. The molecule has 24 heavy (non-hydrogen) atoms. The first-order valence-electron chi connectivity index (χ1n) is 9.83. The van der Waals surface area contributed by atoms with Crippen molar-refractivity contribution in [1.82, 2.24) is 9.80 Å². The van der Waals surface area contributed by atoms with Crippen LogP contribution < -0.4 is 0 Å². The van der Waals surface area contributed by atoms with E-state index in [9.17, 15) is 4.79 Å². The predicted molar refractivity (Wildman–Crippen MR) is 97.0 cm³/mol. The van der Waals surface area contributed by atoms with Gasteiger partial charge in [-0.2, -0.15) is 0 Å². The van der Waals surface area contributed by atoms with Gasteiger partial charge in [-0.25, -0.2) is 0 Å². The van der Waals surface area contributed by atoms with E-state index in [4.69, 9.17) is 0 Å². The molecule has 2 heterocycles. The van der Waals surface area contributed by atoms with Gasteiger partial charge in [-0.3, -0.25) is 4.79 Å². The molecule has 3 nitrogen and oxygen atoms in total. The Hall–Kier alpha value is -1.35. The van der Waals surface area contributed by atoms with Crippen molar-refractivity contribution in [2.45, 2.75) is 57.4 Å². The van der Waals surface area contributed by atoms with Gasteiger partial charge in [-0.1, -0.05) is 24.6 Å². The van der Waals surface area contributed by atoms with E-state index in [0.29, 0.717) is 5.91 Å². The van der Waals surface area contributed by atoms with Crippen molar-refractivity contribution in [3.05, 3.63) is 34.9 Å². The van der Waals surface area contributed by atoms with E-state index in [1.165, 1.54) is 74.7 Å². The van der Waals surface area contributed by atoms with Crippen molar-refractivity contribution in [1.29, 1.82) is 0 Å². The molecule has 4 rings (SSSR count). The monoisotopic (exact) mass is 326 g/mol. The number of benzene rings is 1. The first-order chi connectivity index (χ1) is 11.7. The number of carbonyl (C=O) groups is 1. The number of nitrogens with zero attached hydrogens (tertiary/aromatic N) is 2. The van der Waals surface area contributed by atoms with E-state index in [2.05, 4.69) is 23.1 Å². The highest BCUT2D eigenvalue weighted by molar-refractivity contribution is 5.81. The van der Waals surface area contributed by atoms with Crippen molar-refractivity contribution < 1.29 is 4.79 Å². The minimum absolute atomic E-state index is 0.189. The number of aryl methyl sites for hydroxylation is 2. The van der Waals surface area contributed by atoms with Crippen LogP contribution in [0.1, 0.15) is 61.3 Å². The Labute approximate surface area is 146 Å². The van der Waals surface area contributed by atoms with E-state index < -0.39 is 0 Å². The highest BCUT2D eigenvalue weighted by Gasteiger charge is 2.38. The molecule has 130 valence electrons. The maximum absolute atomic E-state index is 12.8. The molecule has 1 aromatic carbocycles. The summed E-state index contributed by atoms with van der Waals surface area (Å²) in [6, 6.07) is 7.27. The molecule has 2 fully saturated rings. The topological polar surface area (TPSA) is 23.6 Å². The third kappa shape index (κ3) is 3.11. The maximum Gasteiger partial charge on any atom is 0.227 e. The summed E-state index contributed by atoms with van der Waals surface area (Å²) in [4.78, 5) is 17.3. The molecule has 1 aromatic rings. The zero-order chi connectivity index (χ0) is 16.5. The summed E-state index contributed by atoms with van der Waals surface area (Å²) in [5.74, 6) is 0.539. The summed E-state index contributed by atoms with van der Waals surface area (Å²) in [5, 5.41) is 0. The fourth-order valence-electron chi connectivity index (χ4n) is 4.90. The number of rotatable bonds is 3. The molecule has 0 spiro atoms. The van der Waals surface area contributed by atoms with Gasteiger partial charge in [0.15, 0.2) is 0 Å². The molecule has 3 heteroatoms. The molecule has 2 aliphatic heterocycles. The molecule has 1 aliphatic carbocycles. The lowest BCUT2D eigenvalue weighted by Crippen LogP contribution is -2.36. The van der Waals surface area contributed by atoms with Gasteiger partial charge in [0.2, 0.25) is 5.91 Å². The van der Waals surface area contributed by atoms with Crippen LogP contribution in [-0.2, 0) is 17.6 Å². The van der Waals surface area contributed by atoms with Crippen LogP contribution in [0.25, 0.3) is 0 Å². The number of hydrogen-bond acceptors (Lipinski definition) is 2. The van der Waals surface area contributed by atoms with Gasteiger partial charge in [0.1, 0.15) is 0 Å². The first kappa shape index (κ1) is 16.1. The van der Waals surface area contributed by atoms with Crippen LogP contribution in [0, 0.1) is 5.92 Å². The molecule has 0 radical (unpaired) electrons. The van der Waals surface area contributed by atoms with Crippen molar-refractivity contribution >= 4 is 5.91 Å². The van der Waals surface area contributed by atoms with Gasteiger partial charge in [0.25, 0.3) is 0 Å². The second kappa shape index (κ2) is 6.87. The van der Waals surface area contributed by atoms with E-state index in [1.807, 2.05) is 11.9 Å². The molecule has 2 saturated heterocycles. The van der Waals surface area contributed by atoms with Crippen LogP contribution in [0.4, 0.5) is 0 Å². The van der Waals surface area contributed by atoms with Gasteiger partial charge in [0, 0.05) is 13.6 Å². The lowest BCUT2D eigenvalue weighted by atomic mass is 9.88. The number of carbonyl (C=O) groups excluding carboxylic acids is 1. The first-order valence-corrected chi connectivity index (χ1v) is 9.83. The van der Waals surface area contributed by atoms with Crippen molar-refractivity contribution in [2.24, 2.45) is 5.92 Å². The molecular weight excluding hydrogens is 296 g/mol. The Morgan fingerprint density at radius 3 is 2.54 bits per heavy atom. The summed E-state index contributed by atoms with van der Waals surface area (Å²) in [7, 11) is 2.00. The average Bonchev–Trinajstić information content (AvgIpc) is 2.91. The van der Waals surface area contributed by atoms with Gasteiger partial charge < -0.3 is 9.80 Å². The molecule has 3 aliphatic rings. The van der Waals surface area contributed by atoms with Crippen LogP contribution in [0.5, 0.6) is 0 Å². The maximum atomic E-state index is 12.8. The highest BCUT2D eigenvalue weighted by Crippen LogP contribution is 2.37. The van der Waals surface area contributed by atoms with Crippen LogP contribution in [0.15, 0.2) is 18.2 Å². The Kier molecular flexibility index (Phi) is 4.62. The second-order valence-electron chi connectivity index (χ2n) is 7.99. The fourth-order valence-corrected chi connectivity index (χ4v) is 4.90. The zero-order valence-electron chi connectivity index (χ0n) is 15.0. The van der Waals surface area contributed by atoms with E-state index >= 15 is 0 Å². The number of hydrogen-bond donors (Lipinski definition) is 0. The highest BCUT2D eigenvalue weighted by atomic mass is 16.2. The van der Waals surface area contributed by atoms with Gasteiger partial charge in [0.05, 0.1) is 12.0 Å². The molecule has 0 N–H and O–H groups in total. The quantitative estimate of drug-likeness (QED) is 0.848. The SMILES string of the molecule is CN1C(=O)[C@@H](CN2CCCCC2)C[C@H]1c1ccc2c(c1)CCCC2. The molecule has 0 bridgehead atoms. The zero-order valence-corrected chi connectivity index (χ0v) is 15.0. The molecule has 0 aromatic heterocycles. The number of piperidine rings is 1. The number of fused-ring (bicyclic) bond motifs is 1. The summed E-state index contributed by atoms with van der Waals surface area (Å²) in [6.45, 7) is 3.32. The van der Waals surface area contributed by atoms with Crippen molar-refractivity contribution in [3.63, 3.8) is 0 Å². The van der Waals surface area contributed by atoms with Crippen LogP contribution in [0.2, 0.25) is 0 Å². The molecule has 1 amide bonds. The predicted octanol–water partition coefficient (Wildman–Crippen LogP) is 3.57. The normalized spacial score (nSPS) is 28.2. The van der Waals surface area contributed by atoms with Crippen molar-refractivity contribution in [2.75, 3.05) is 26.7 Å². The fraction of sp³-hybridized carbons (Fsp3) is 0.667. The van der Waals surface area contributed by atoms with Crippen LogP contribution >= 0.6 is 0 Å². The Morgan fingerprint density at radius 2 is 1.75 bits per heavy atom. The Balaban J connectivity index is 1.48. The van der Waals surface area contributed by atoms with Crippen LogP contribution in [0.3, 0.4) is 0 Å². The summed E-state index contributed by atoms with van der Waals surface area (Å²) in [5.41, 5.74) is 4.41. The van der Waals surface area contributed by atoms with E-state index in [1.54, 1.807) is 0 Å². The Morgan fingerprint density at radius 1 is 1.00 bits per heavy atom. The number of amides is 1. The third-order valence-corrected chi connectivity index (χ3v) is 6.36. The number of likely N-dealkylation sites (tertiary alicyclic amines) is 2. The third-order valence-electron chi connectivity index (χ3n) is 6.36. The summed E-state index contributed by atoms with van der Waals surface area (Å²) in [6.07, 6.45) is 10.0. The van der Waals surface area contributed by atoms with Gasteiger partial charge in [-0.15, -0.1) is 0 Å². The van der Waals surface area contributed by atoms with Crippen LogP contribution in [-0.4, -0.2) is 42.4 Å². The lowest BCUT2D eigenvalue weighted by molar-refractivity contribution is -0.131. The summed E-state index contributed by atoms with van der Waals surface area (Å²) >= 11 is 0.